The highest BCUT2D eigenvalue weighted by Crippen LogP contribution is 2.11. The van der Waals surface area contributed by atoms with Gasteiger partial charge >= 0.3 is 0 Å². The molecule has 0 aliphatic heterocycles. The number of thiazole rings is 1. The summed E-state index contributed by atoms with van der Waals surface area (Å²) in [5.41, 5.74) is 6.88. The van der Waals surface area contributed by atoms with Crippen LogP contribution in [0.5, 0.6) is 0 Å². The maximum absolute atomic E-state index is 11.7. The quantitative estimate of drug-likeness (QED) is 0.724. The predicted molar refractivity (Wildman–Crippen MR) is 79.9 cm³/mol. The van der Waals surface area contributed by atoms with E-state index in [4.69, 9.17) is 10.9 Å². The third-order valence-corrected chi connectivity index (χ3v) is 4.30. The highest BCUT2D eigenvalue weighted by atomic mass is 32.2. The molecule has 1 aromatic heterocycles. The maximum Gasteiger partial charge on any atom is 0.238 e. The summed E-state index contributed by atoms with van der Waals surface area (Å²) in [6, 6.07) is 6.00. The molecule has 21 heavy (non-hydrogen) atoms. The molecule has 0 saturated carbocycles. The van der Waals surface area contributed by atoms with Gasteiger partial charge < -0.3 is 11.1 Å². The fraction of sp³-hybridized carbons (Fsp3) is 0.167. The lowest BCUT2D eigenvalue weighted by Gasteiger charge is -2.05. The maximum atomic E-state index is 11.7. The highest BCUT2D eigenvalue weighted by molar-refractivity contribution is 7.89. The normalized spacial score (nSPS) is 11.3. The van der Waals surface area contributed by atoms with Crippen molar-refractivity contribution in [2.45, 2.75) is 17.9 Å². The van der Waals surface area contributed by atoms with Crippen molar-refractivity contribution < 1.29 is 13.2 Å². The molecule has 2 aromatic rings. The molecule has 0 atom stereocenters. The number of carbonyl (C=O) groups excluding carboxylic acids is 1. The molecule has 7 nitrogen and oxygen atoms in total. The lowest BCUT2D eigenvalue weighted by Crippen LogP contribution is -2.24. The summed E-state index contributed by atoms with van der Waals surface area (Å²) in [6.45, 7) is 0.295. The van der Waals surface area contributed by atoms with E-state index in [9.17, 15) is 13.2 Å². The van der Waals surface area contributed by atoms with Gasteiger partial charge in [-0.3, -0.25) is 4.79 Å². The Balaban J connectivity index is 1.89. The lowest BCUT2D eigenvalue weighted by molar-refractivity contribution is -0.120. The average molecular weight is 326 g/mol. The zero-order valence-corrected chi connectivity index (χ0v) is 12.6. The van der Waals surface area contributed by atoms with Gasteiger partial charge in [0.1, 0.15) is 0 Å². The van der Waals surface area contributed by atoms with Crippen molar-refractivity contribution in [3.05, 3.63) is 40.9 Å². The Morgan fingerprint density at radius 3 is 2.48 bits per heavy atom. The average Bonchev–Trinajstić information content (AvgIpc) is 2.81. The minimum atomic E-state index is -3.70. The number of aromatic nitrogens is 1. The van der Waals surface area contributed by atoms with E-state index in [-0.39, 0.29) is 17.2 Å². The molecule has 0 unspecified atom stereocenters. The second-order valence-electron chi connectivity index (χ2n) is 4.32. The summed E-state index contributed by atoms with van der Waals surface area (Å²) in [5, 5.41) is 9.88. The first kappa shape index (κ1) is 15.4. The number of primary sulfonamides is 1. The number of hydrogen-bond acceptors (Lipinski definition) is 6. The van der Waals surface area contributed by atoms with E-state index < -0.39 is 10.0 Å². The molecule has 0 fully saturated rings. The SMILES string of the molecule is Nc1nc(CC(=O)NCc2ccc(S(N)(=O)=O)cc2)cs1. The molecule has 0 spiro atoms. The Morgan fingerprint density at radius 2 is 1.95 bits per heavy atom. The van der Waals surface area contributed by atoms with Crippen molar-refractivity contribution in [1.29, 1.82) is 0 Å². The van der Waals surface area contributed by atoms with Gasteiger partial charge in [-0.25, -0.2) is 18.5 Å². The fourth-order valence-corrected chi connectivity index (χ4v) is 2.71. The third kappa shape index (κ3) is 4.52. The Labute approximate surface area is 126 Å². The van der Waals surface area contributed by atoms with Crippen molar-refractivity contribution in [3.63, 3.8) is 0 Å². The molecule has 0 aliphatic rings. The molecule has 112 valence electrons. The van der Waals surface area contributed by atoms with Gasteiger partial charge in [0.25, 0.3) is 0 Å². The van der Waals surface area contributed by atoms with Crippen LogP contribution in [-0.2, 0) is 27.8 Å². The van der Waals surface area contributed by atoms with E-state index in [0.717, 1.165) is 5.56 Å². The van der Waals surface area contributed by atoms with Crippen LogP contribution >= 0.6 is 11.3 Å². The van der Waals surface area contributed by atoms with Crippen LogP contribution in [0.15, 0.2) is 34.5 Å². The number of benzene rings is 1. The first-order valence-electron chi connectivity index (χ1n) is 5.93. The molecule has 0 aliphatic carbocycles. The number of amides is 1. The molecule has 5 N–H and O–H groups in total. The number of anilines is 1. The minimum absolute atomic E-state index is 0.0375. The van der Waals surface area contributed by atoms with Gasteiger partial charge in [-0.15, -0.1) is 11.3 Å². The fourth-order valence-electron chi connectivity index (χ4n) is 1.63. The van der Waals surface area contributed by atoms with Gasteiger partial charge in [0.05, 0.1) is 17.0 Å². The number of rotatable bonds is 5. The van der Waals surface area contributed by atoms with Crippen LogP contribution in [-0.4, -0.2) is 19.3 Å². The zero-order valence-electron chi connectivity index (χ0n) is 10.9. The van der Waals surface area contributed by atoms with Crippen LogP contribution in [0.1, 0.15) is 11.3 Å². The molecule has 0 saturated heterocycles. The van der Waals surface area contributed by atoms with Crippen LogP contribution < -0.4 is 16.2 Å². The summed E-state index contributed by atoms with van der Waals surface area (Å²) in [6.07, 6.45) is 0.156. The molecule has 1 amide bonds. The topological polar surface area (TPSA) is 128 Å². The summed E-state index contributed by atoms with van der Waals surface area (Å²) >= 11 is 1.28. The van der Waals surface area contributed by atoms with Gasteiger partial charge in [0.2, 0.25) is 15.9 Å². The number of nitrogens with two attached hydrogens (primary N) is 2. The molecular formula is C12H14N4O3S2. The van der Waals surface area contributed by atoms with E-state index in [1.807, 2.05) is 0 Å². The number of nitrogen functional groups attached to an aromatic ring is 1. The first-order chi connectivity index (χ1) is 9.84. The van der Waals surface area contributed by atoms with Gasteiger partial charge in [-0.2, -0.15) is 0 Å². The van der Waals surface area contributed by atoms with E-state index in [1.165, 1.54) is 23.5 Å². The lowest BCUT2D eigenvalue weighted by atomic mass is 10.2. The first-order valence-corrected chi connectivity index (χ1v) is 8.35. The van der Waals surface area contributed by atoms with Gasteiger partial charge in [-0.1, -0.05) is 12.1 Å². The molecule has 0 bridgehead atoms. The number of nitrogens with zero attached hydrogens (tertiary/aromatic N) is 1. The molecule has 0 radical (unpaired) electrons. The van der Waals surface area contributed by atoms with Crippen molar-refractivity contribution in [3.8, 4) is 0 Å². The number of nitrogens with one attached hydrogen (secondary N) is 1. The molecule has 2 rings (SSSR count). The smallest absolute Gasteiger partial charge is 0.238 e. The van der Waals surface area contributed by atoms with Crippen molar-refractivity contribution >= 4 is 32.4 Å². The van der Waals surface area contributed by atoms with E-state index >= 15 is 0 Å². The summed E-state index contributed by atoms with van der Waals surface area (Å²) in [4.78, 5) is 15.8. The molecule has 1 aromatic carbocycles. The summed E-state index contributed by atoms with van der Waals surface area (Å²) in [7, 11) is -3.70. The Morgan fingerprint density at radius 1 is 1.29 bits per heavy atom. The monoisotopic (exact) mass is 326 g/mol. The minimum Gasteiger partial charge on any atom is -0.375 e. The molecule has 1 heterocycles. The van der Waals surface area contributed by atoms with Gasteiger partial charge in [-0.05, 0) is 17.7 Å². The third-order valence-electron chi connectivity index (χ3n) is 2.65. The Kier molecular flexibility index (Phi) is 4.56. The largest absolute Gasteiger partial charge is 0.375 e. The summed E-state index contributed by atoms with van der Waals surface area (Å²) in [5.74, 6) is -0.184. The van der Waals surface area contributed by atoms with Crippen molar-refractivity contribution in [1.82, 2.24) is 10.3 Å². The number of sulfonamides is 1. The predicted octanol–water partition coefficient (Wildman–Crippen LogP) is 0.232. The van der Waals surface area contributed by atoms with E-state index in [1.54, 1.807) is 17.5 Å². The van der Waals surface area contributed by atoms with Gasteiger partial charge in [0, 0.05) is 11.9 Å². The highest BCUT2D eigenvalue weighted by Gasteiger charge is 2.08. The van der Waals surface area contributed by atoms with E-state index in [2.05, 4.69) is 10.3 Å². The van der Waals surface area contributed by atoms with Gasteiger partial charge in [0.15, 0.2) is 5.13 Å². The van der Waals surface area contributed by atoms with Crippen molar-refractivity contribution in [2.24, 2.45) is 5.14 Å². The van der Waals surface area contributed by atoms with Crippen LogP contribution in [0.4, 0.5) is 5.13 Å². The Bertz CT molecular complexity index is 738. The standard InChI is InChI=1S/C12H14N4O3S2/c13-12-16-9(7-20-12)5-11(17)15-6-8-1-3-10(4-2-8)21(14,18)19/h1-4,7H,5-6H2,(H2,13,16)(H,15,17)(H2,14,18,19). The second-order valence-corrected chi connectivity index (χ2v) is 6.77. The van der Waals surface area contributed by atoms with Crippen LogP contribution in [0, 0.1) is 0 Å². The number of carbonyl (C=O) groups is 1. The van der Waals surface area contributed by atoms with Crippen LogP contribution in [0.3, 0.4) is 0 Å². The number of hydrogen-bond donors (Lipinski definition) is 3. The van der Waals surface area contributed by atoms with E-state index in [0.29, 0.717) is 17.4 Å². The van der Waals surface area contributed by atoms with Crippen molar-refractivity contribution in [2.75, 3.05) is 5.73 Å². The summed E-state index contributed by atoms with van der Waals surface area (Å²) < 4.78 is 22.2. The molecular weight excluding hydrogens is 312 g/mol. The Hall–Kier alpha value is -1.97. The molecule has 9 heteroatoms. The second kappa shape index (κ2) is 6.20. The zero-order chi connectivity index (χ0) is 15.5. The van der Waals surface area contributed by atoms with Crippen LogP contribution in [0.25, 0.3) is 0 Å². The van der Waals surface area contributed by atoms with Crippen LogP contribution in [0.2, 0.25) is 0 Å².